The Hall–Kier alpha value is -2.51. The van der Waals surface area contributed by atoms with Crippen LogP contribution in [0.3, 0.4) is 0 Å². The first kappa shape index (κ1) is 21.5. The highest BCUT2D eigenvalue weighted by molar-refractivity contribution is 5.98. The molecule has 1 N–H and O–H groups in total. The highest BCUT2D eigenvalue weighted by atomic mass is 16.6. The zero-order chi connectivity index (χ0) is 19.4. The Morgan fingerprint density at radius 1 is 0.923 bits per heavy atom. The molecule has 0 bridgehead atoms. The van der Waals surface area contributed by atoms with Crippen molar-refractivity contribution in [3.8, 4) is 0 Å². The molecule has 1 rings (SSSR count). The summed E-state index contributed by atoms with van der Waals surface area (Å²) in [6.07, 6.45) is 10.4. The van der Waals surface area contributed by atoms with Crippen molar-refractivity contribution in [2.75, 3.05) is 6.54 Å². The second-order valence-corrected chi connectivity index (χ2v) is 6.30. The number of nitrogens with zero attached hydrogens (tertiary/aromatic N) is 2. The van der Waals surface area contributed by atoms with E-state index in [2.05, 4.69) is 12.2 Å². The van der Waals surface area contributed by atoms with Crippen molar-refractivity contribution >= 4 is 17.3 Å². The zero-order valence-electron chi connectivity index (χ0n) is 15.2. The smallest absolute Gasteiger partial charge is 0.289 e. The normalized spacial score (nSPS) is 10.5. The van der Waals surface area contributed by atoms with Gasteiger partial charge in [0.05, 0.1) is 15.9 Å². The van der Waals surface area contributed by atoms with E-state index in [1.165, 1.54) is 38.5 Å². The standard InChI is InChI=1S/C18H27N3O5/c1-2-3-4-5-6-7-8-9-10-13-19-18(22)16-12-11-15(20(23)24)14-17(16)21(25)26/h11-12,14H,2-10,13H2,1H3,(H,19,22). The van der Waals surface area contributed by atoms with Gasteiger partial charge in [0.1, 0.15) is 5.56 Å². The van der Waals surface area contributed by atoms with Crippen molar-refractivity contribution < 1.29 is 14.6 Å². The van der Waals surface area contributed by atoms with Gasteiger partial charge in [-0.05, 0) is 12.5 Å². The van der Waals surface area contributed by atoms with Crippen LogP contribution >= 0.6 is 0 Å². The van der Waals surface area contributed by atoms with E-state index >= 15 is 0 Å². The van der Waals surface area contributed by atoms with Gasteiger partial charge in [-0.2, -0.15) is 0 Å². The second kappa shape index (κ2) is 11.9. The predicted octanol–water partition coefficient (Wildman–Crippen LogP) is 4.76. The van der Waals surface area contributed by atoms with E-state index < -0.39 is 27.1 Å². The van der Waals surface area contributed by atoms with Gasteiger partial charge in [0.2, 0.25) is 0 Å². The molecule has 0 radical (unpaired) electrons. The molecule has 0 aliphatic rings. The molecule has 0 saturated heterocycles. The maximum absolute atomic E-state index is 12.1. The van der Waals surface area contributed by atoms with Crippen molar-refractivity contribution in [1.82, 2.24) is 5.32 Å². The molecular weight excluding hydrogens is 338 g/mol. The van der Waals surface area contributed by atoms with Crippen molar-refractivity contribution in [1.29, 1.82) is 0 Å². The Balaban J connectivity index is 2.35. The molecule has 8 heteroatoms. The summed E-state index contributed by atoms with van der Waals surface area (Å²) in [7, 11) is 0. The van der Waals surface area contributed by atoms with Crippen LogP contribution in [0.4, 0.5) is 11.4 Å². The van der Waals surface area contributed by atoms with Gasteiger partial charge in [-0.15, -0.1) is 0 Å². The van der Waals surface area contributed by atoms with Crippen molar-refractivity contribution in [3.63, 3.8) is 0 Å². The zero-order valence-corrected chi connectivity index (χ0v) is 15.2. The molecule has 1 aromatic carbocycles. The third kappa shape index (κ3) is 7.58. The molecule has 0 saturated carbocycles. The molecule has 8 nitrogen and oxygen atoms in total. The number of non-ortho nitro benzene ring substituents is 1. The monoisotopic (exact) mass is 365 g/mol. The van der Waals surface area contributed by atoms with E-state index in [9.17, 15) is 25.0 Å². The van der Waals surface area contributed by atoms with E-state index in [4.69, 9.17) is 0 Å². The predicted molar refractivity (Wildman–Crippen MR) is 99.3 cm³/mol. The minimum Gasteiger partial charge on any atom is -0.352 e. The number of carbonyl (C=O) groups excluding carboxylic acids is 1. The Bertz CT molecular complexity index is 619. The maximum atomic E-state index is 12.1. The number of rotatable bonds is 13. The lowest BCUT2D eigenvalue weighted by atomic mass is 10.1. The molecule has 26 heavy (non-hydrogen) atoms. The molecule has 0 spiro atoms. The van der Waals surface area contributed by atoms with Crippen LogP contribution in [0.15, 0.2) is 18.2 Å². The maximum Gasteiger partial charge on any atom is 0.289 e. The summed E-state index contributed by atoms with van der Waals surface area (Å²) in [6.45, 7) is 2.63. The minimum absolute atomic E-state index is 0.156. The van der Waals surface area contributed by atoms with Gasteiger partial charge < -0.3 is 5.32 Å². The fourth-order valence-electron chi connectivity index (χ4n) is 2.71. The first-order valence-corrected chi connectivity index (χ1v) is 9.18. The van der Waals surface area contributed by atoms with Gasteiger partial charge in [-0.1, -0.05) is 58.3 Å². The molecule has 0 heterocycles. The van der Waals surface area contributed by atoms with E-state index in [0.717, 1.165) is 37.5 Å². The third-order valence-corrected chi connectivity index (χ3v) is 4.20. The molecule has 144 valence electrons. The molecule has 0 aliphatic heterocycles. The SMILES string of the molecule is CCCCCCCCCCCNC(=O)c1ccc([N+](=O)[O-])cc1[N+](=O)[O-]. The lowest BCUT2D eigenvalue weighted by Crippen LogP contribution is -2.25. The number of unbranched alkanes of at least 4 members (excludes halogenated alkanes) is 8. The molecule has 1 aromatic rings. The van der Waals surface area contributed by atoms with Crippen molar-refractivity contribution in [3.05, 3.63) is 44.0 Å². The van der Waals surface area contributed by atoms with Crippen LogP contribution in [0.5, 0.6) is 0 Å². The van der Waals surface area contributed by atoms with E-state index in [1.807, 2.05) is 0 Å². The van der Waals surface area contributed by atoms with Crippen LogP contribution in [-0.4, -0.2) is 22.3 Å². The van der Waals surface area contributed by atoms with Gasteiger partial charge in [0, 0.05) is 12.6 Å². The number of nitro benzene ring substituents is 2. The van der Waals surface area contributed by atoms with Crippen LogP contribution in [0, 0.1) is 20.2 Å². The first-order valence-electron chi connectivity index (χ1n) is 9.18. The molecule has 1 amide bonds. The molecular formula is C18H27N3O5. The van der Waals surface area contributed by atoms with Crippen molar-refractivity contribution in [2.24, 2.45) is 0 Å². The Morgan fingerprint density at radius 2 is 1.50 bits per heavy atom. The van der Waals surface area contributed by atoms with Crippen LogP contribution < -0.4 is 5.32 Å². The number of hydrogen-bond acceptors (Lipinski definition) is 5. The summed E-state index contributed by atoms with van der Waals surface area (Å²) in [5.74, 6) is -0.578. The van der Waals surface area contributed by atoms with Crippen molar-refractivity contribution in [2.45, 2.75) is 64.7 Å². The average Bonchev–Trinajstić information content (AvgIpc) is 2.62. The lowest BCUT2D eigenvalue weighted by molar-refractivity contribution is -0.394. The van der Waals surface area contributed by atoms with Gasteiger partial charge >= 0.3 is 0 Å². The van der Waals surface area contributed by atoms with Gasteiger partial charge in [-0.25, -0.2) is 0 Å². The van der Waals surface area contributed by atoms with Gasteiger partial charge in [-0.3, -0.25) is 25.0 Å². The Morgan fingerprint density at radius 3 is 2.04 bits per heavy atom. The fraction of sp³-hybridized carbons (Fsp3) is 0.611. The van der Waals surface area contributed by atoms with Gasteiger partial charge in [0.15, 0.2) is 0 Å². The Labute approximate surface area is 153 Å². The number of hydrogen-bond donors (Lipinski definition) is 1. The minimum atomic E-state index is -0.777. The molecule has 0 atom stereocenters. The summed E-state index contributed by atoms with van der Waals surface area (Å²) in [4.78, 5) is 32.4. The fourth-order valence-corrected chi connectivity index (χ4v) is 2.71. The highest BCUT2D eigenvalue weighted by Crippen LogP contribution is 2.24. The number of benzene rings is 1. The number of nitrogens with one attached hydrogen (secondary N) is 1. The summed E-state index contributed by atoms with van der Waals surface area (Å²) >= 11 is 0. The van der Waals surface area contributed by atoms with E-state index in [-0.39, 0.29) is 5.56 Å². The summed E-state index contributed by atoms with van der Waals surface area (Å²) in [6, 6.07) is 3.04. The highest BCUT2D eigenvalue weighted by Gasteiger charge is 2.23. The summed E-state index contributed by atoms with van der Waals surface area (Å²) < 4.78 is 0. The molecule has 0 aliphatic carbocycles. The topological polar surface area (TPSA) is 115 Å². The van der Waals surface area contributed by atoms with Gasteiger partial charge in [0.25, 0.3) is 17.3 Å². The van der Waals surface area contributed by atoms with E-state index in [0.29, 0.717) is 6.54 Å². The quantitative estimate of drug-likeness (QED) is 0.307. The number of amides is 1. The number of carbonyl (C=O) groups is 1. The molecule has 0 fully saturated rings. The van der Waals surface area contributed by atoms with Crippen LogP contribution in [0.1, 0.15) is 75.1 Å². The summed E-state index contributed by atoms with van der Waals surface area (Å²) in [5.41, 5.74) is -1.12. The van der Waals surface area contributed by atoms with Crippen LogP contribution in [-0.2, 0) is 0 Å². The third-order valence-electron chi connectivity index (χ3n) is 4.20. The summed E-state index contributed by atoms with van der Waals surface area (Å²) in [5, 5.41) is 24.4. The first-order chi connectivity index (χ1) is 12.5. The molecule has 0 unspecified atom stereocenters. The number of nitro groups is 2. The Kier molecular flexibility index (Phi) is 9.89. The second-order valence-electron chi connectivity index (χ2n) is 6.30. The lowest BCUT2D eigenvalue weighted by Gasteiger charge is -2.06. The largest absolute Gasteiger partial charge is 0.352 e. The van der Waals surface area contributed by atoms with E-state index in [1.54, 1.807) is 0 Å². The van der Waals surface area contributed by atoms with Crippen LogP contribution in [0.2, 0.25) is 0 Å². The van der Waals surface area contributed by atoms with Crippen LogP contribution in [0.25, 0.3) is 0 Å². The molecule has 0 aromatic heterocycles. The average molecular weight is 365 g/mol.